The van der Waals surface area contributed by atoms with Crippen molar-refractivity contribution in [2.45, 2.75) is 59.3 Å². The average Bonchev–Trinajstić information content (AvgIpc) is 2.52. The van der Waals surface area contributed by atoms with Crippen LogP contribution >= 0.6 is 0 Å². The van der Waals surface area contributed by atoms with Gasteiger partial charge in [-0.15, -0.1) is 0 Å². The summed E-state index contributed by atoms with van der Waals surface area (Å²) < 4.78 is 5.44. The lowest BCUT2D eigenvalue weighted by Crippen LogP contribution is -2.25. The number of hydrogen-bond acceptors (Lipinski definition) is 3. The maximum Gasteiger partial charge on any atom is 0.335 e. The molecule has 0 saturated carbocycles. The summed E-state index contributed by atoms with van der Waals surface area (Å²) >= 11 is 0. The smallest absolute Gasteiger partial charge is 0.335 e. The number of benzene rings is 1. The summed E-state index contributed by atoms with van der Waals surface area (Å²) in [5, 5.41) is 9.04. The molecule has 2 rings (SSSR count). The standard InChI is InChI=1S/C20H28O4/c1-20(2,3)10-4-5-11-24-19(23)17-9-7-14-12-16(18(21)22)8-6-15(14)13-17/h6,8,12,17H,4-5,7,9-11,13H2,1-3H3,(H,21,22). The maximum absolute atomic E-state index is 12.2. The largest absolute Gasteiger partial charge is 0.478 e. The Hall–Kier alpha value is -1.84. The van der Waals surface area contributed by atoms with E-state index in [2.05, 4.69) is 20.8 Å². The lowest BCUT2D eigenvalue weighted by Gasteiger charge is -2.23. The highest BCUT2D eigenvalue weighted by Crippen LogP contribution is 2.27. The van der Waals surface area contributed by atoms with Gasteiger partial charge in [-0.05, 0) is 67.2 Å². The number of esters is 1. The molecule has 1 aromatic rings. The van der Waals surface area contributed by atoms with Crippen LogP contribution in [-0.2, 0) is 22.4 Å². The van der Waals surface area contributed by atoms with Crippen LogP contribution in [0.5, 0.6) is 0 Å². The number of aryl methyl sites for hydroxylation is 1. The second kappa shape index (κ2) is 7.82. The minimum Gasteiger partial charge on any atom is -0.478 e. The van der Waals surface area contributed by atoms with E-state index in [1.165, 1.54) is 0 Å². The van der Waals surface area contributed by atoms with Gasteiger partial charge in [-0.1, -0.05) is 26.8 Å². The molecule has 1 atom stereocenters. The lowest BCUT2D eigenvalue weighted by atomic mass is 9.83. The Bertz CT molecular complexity index is 598. The molecule has 0 radical (unpaired) electrons. The fraction of sp³-hybridized carbons (Fsp3) is 0.600. The van der Waals surface area contributed by atoms with Gasteiger partial charge in [0.2, 0.25) is 0 Å². The van der Waals surface area contributed by atoms with E-state index in [-0.39, 0.29) is 11.9 Å². The summed E-state index contributed by atoms with van der Waals surface area (Å²) in [6, 6.07) is 5.18. The first-order valence-electron chi connectivity index (χ1n) is 8.78. The van der Waals surface area contributed by atoms with Crippen molar-refractivity contribution < 1.29 is 19.4 Å². The van der Waals surface area contributed by atoms with E-state index in [1.54, 1.807) is 12.1 Å². The third kappa shape index (κ3) is 5.36. The topological polar surface area (TPSA) is 63.6 Å². The number of unbranched alkanes of at least 4 members (excludes halogenated alkanes) is 1. The van der Waals surface area contributed by atoms with Crippen LogP contribution in [0.3, 0.4) is 0 Å². The van der Waals surface area contributed by atoms with Gasteiger partial charge in [-0.25, -0.2) is 4.79 Å². The second-order valence-corrected chi connectivity index (χ2v) is 7.91. The van der Waals surface area contributed by atoms with Crippen LogP contribution in [0.25, 0.3) is 0 Å². The highest BCUT2D eigenvalue weighted by Gasteiger charge is 2.26. The Labute approximate surface area is 144 Å². The number of carboxylic acid groups (broad SMARTS) is 1. The zero-order valence-electron chi connectivity index (χ0n) is 14.9. The minimum absolute atomic E-state index is 0.101. The van der Waals surface area contributed by atoms with Crippen LogP contribution in [0.4, 0.5) is 0 Å². The highest BCUT2D eigenvalue weighted by molar-refractivity contribution is 5.88. The van der Waals surface area contributed by atoms with Gasteiger partial charge in [0.1, 0.15) is 0 Å². The van der Waals surface area contributed by atoms with Gasteiger partial charge in [0, 0.05) is 0 Å². The van der Waals surface area contributed by atoms with Crippen molar-refractivity contribution in [3.05, 3.63) is 34.9 Å². The van der Waals surface area contributed by atoms with Crippen molar-refractivity contribution >= 4 is 11.9 Å². The first-order chi connectivity index (χ1) is 11.3. The normalized spacial score (nSPS) is 17.2. The predicted octanol–water partition coefficient (Wildman–Crippen LogP) is 4.25. The molecule has 0 amide bonds. The van der Waals surface area contributed by atoms with E-state index < -0.39 is 5.97 Å². The van der Waals surface area contributed by atoms with Gasteiger partial charge >= 0.3 is 11.9 Å². The molecule has 0 saturated heterocycles. The SMILES string of the molecule is CC(C)(C)CCCCOC(=O)C1CCc2cc(C(=O)O)ccc2C1. The Morgan fingerprint density at radius 1 is 1.21 bits per heavy atom. The van der Waals surface area contributed by atoms with Crippen LogP contribution in [0.2, 0.25) is 0 Å². The van der Waals surface area contributed by atoms with E-state index in [0.29, 0.717) is 24.0 Å². The molecule has 132 valence electrons. The zero-order chi connectivity index (χ0) is 17.7. The molecule has 1 aromatic carbocycles. The molecule has 0 bridgehead atoms. The summed E-state index contributed by atoms with van der Waals surface area (Å²) in [5.74, 6) is -1.12. The van der Waals surface area contributed by atoms with Crippen LogP contribution < -0.4 is 0 Å². The number of carboxylic acids is 1. The summed E-state index contributed by atoms with van der Waals surface area (Å²) in [6.07, 6.45) is 5.23. The summed E-state index contributed by atoms with van der Waals surface area (Å²) in [4.78, 5) is 23.2. The molecular formula is C20H28O4. The van der Waals surface area contributed by atoms with Crippen molar-refractivity contribution in [3.63, 3.8) is 0 Å². The van der Waals surface area contributed by atoms with Crippen molar-refractivity contribution in [2.24, 2.45) is 11.3 Å². The summed E-state index contributed by atoms with van der Waals surface area (Å²) in [6.45, 7) is 7.15. The molecule has 4 nitrogen and oxygen atoms in total. The first kappa shape index (κ1) is 18.5. The zero-order valence-corrected chi connectivity index (χ0v) is 14.9. The lowest BCUT2D eigenvalue weighted by molar-refractivity contribution is -0.149. The fourth-order valence-electron chi connectivity index (χ4n) is 3.14. The number of aromatic carboxylic acids is 1. The van der Waals surface area contributed by atoms with E-state index in [1.807, 2.05) is 6.07 Å². The molecule has 0 aliphatic heterocycles. The van der Waals surface area contributed by atoms with Gasteiger partial charge < -0.3 is 9.84 Å². The van der Waals surface area contributed by atoms with Crippen LogP contribution in [0.15, 0.2) is 18.2 Å². The highest BCUT2D eigenvalue weighted by atomic mass is 16.5. The number of fused-ring (bicyclic) bond motifs is 1. The molecule has 1 N–H and O–H groups in total. The molecule has 0 spiro atoms. The molecule has 4 heteroatoms. The number of rotatable bonds is 6. The molecular weight excluding hydrogens is 304 g/mol. The molecule has 0 fully saturated rings. The first-order valence-corrected chi connectivity index (χ1v) is 8.78. The molecule has 0 heterocycles. The van der Waals surface area contributed by atoms with Gasteiger partial charge in [0.05, 0.1) is 18.1 Å². The predicted molar refractivity (Wildman–Crippen MR) is 93.2 cm³/mol. The molecule has 1 aliphatic rings. The van der Waals surface area contributed by atoms with Crippen LogP contribution in [0, 0.1) is 11.3 Å². The molecule has 24 heavy (non-hydrogen) atoms. The van der Waals surface area contributed by atoms with E-state index in [9.17, 15) is 9.59 Å². The van der Waals surface area contributed by atoms with E-state index in [4.69, 9.17) is 9.84 Å². The number of ether oxygens (including phenoxy) is 1. The number of carbonyl (C=O) groups is 2. The Morgan fingerprint density at radius 3 is 2.62 bits per heavy atom. The minimum atomic E-state index is -0.908. The second-order valence-electron chi connectivity index (χ2n) is 7.91. The maximum atomic E-state index is 12.2. The van der Waals surface area contributed by atoms with Crippen LogP contribution in [-0.4, -0.2) is 23.7 Å². The monoisotopic (exact) mass is 332 g/mol. The van der Waals surface area contributed by atoms with Crippen molar-refractivity contribution in [1.29, 1.82) is 0 Å². The van der Waals surface area contributed by atoms with Gasteiger partial charge in [-0.3, -0.25) is 4.79 Å². The van der Waals surface area contributed by atoms with Crippen molar-refractivity contribution in [2.75, 3.05) is 6.61 Å². The Morgan fingerprint density at radius 2 is 1.96 bits per heavy atom. The number of carbonyl (C=O) groups excluding carboxylic acids is 1. The Kier molecular flexibility index (Phi) is 6.03. The van der Waals surface area contributed by atoms with Crippen LogP contribution in [0.1, 0.15) is 67.9 Å². The summed E-state index contributed by atoms with van der Waals surface area (Å²) in [7, 11) is 0. The van der Waals surface area contributed by atoms with Gasteiger partial charge in [0.25, 0.3) is 0 Å². The van der Waals surface area contributed by atoms with E-state index >= 15 is 0 Å². The summed E-state index contributed by atoms with van der Waals surface area (Å²) in [5.41, 5.74) is 2.75. The third-order valence-corrected chi connectivity index (χ3v) is 4.58. The van der Waals surface area contributed by atoms with Crippen molar-refractivity contribution in [1.82, 2.24) is 0 Å². The molecule has 1 aliphatic carbocycles. The third-order valence-electron chi connectivity index (χ3n) is 4.58. The van der Waals surface area contributed by atoms with Gasteiger partial charge in [0.15, 0.2) is 0 Å². The van der Waals surface area contributed by atoms with Gasteiger partial charge in [-0.2, -0.15) is 0 Å². The Balaban J connectivity index is 1.80. The quantitative estimate of drug-likeness (QED) is 0.625. The molecule has 0 aromatic heterocycles. The number of hydrogen-bond donors (Lipinski definition) is 1. The average molecular weight is 332 g/mol. The fourth-order valence-corrected chi connectivity index (χ4v) is 3.14. The van der Waals surface area contributed by atoms with Crippen molar-refractivity contribution in [3.8, 4) is 0 Å². The van der Waals surface area contributed by atoms with E-state index in [0.717, 1.165) is 43.2 Å². The molecule has 1 unspecified atom stereocenters.